The van der Waals surface area contributed by atoms with Crippen molar-refractivity contribution in [3.63, 3.8) is 0 Å². The van der Waals surface area contributed by atoms with E-state index in [0.717, 1.165) is 5.56 Å². The Hall–Kier alpha value is -2.04. The molecule has 0 bridgehead atoms. The monoisotopic (exact) mass is 277 g/mol. The fourth-order valence-electron chi connectivity index (χ4n) is 1.94. The molecule has 0 saturated heterocycles. The Labute approximate surface area is 118 Å². The third kappa shape index (κ3) is 3.73. The van der Waals surface area contributed by atoms with E-state index in [1.165, 1.54) is 0 Å². The van der Waals surface area contributed by atoms with Gasteiger partial charge in [0.2, 0.25) is 0 Å². The molecule has 0 unspecified atom stereocenters. The quantitative estimate of drug-likeness (QED) is 0.853. The first-order valence-electron chi connectivity index (χ1n) is 6.58. The van der Waals surface area contributed by atoms with Crippen LogP contribution in [0.4, 0.5) is 4.79 Å². The maximum Gasteiger partial charge on any atom is 0.408 e. The smallest absolute Gasteiger partial charge is 0.408 e. The summed E-state index contributed by atoms with van der Waals surface area (Å²) < 4.78 is 10.7. The first-order chi connectivity index (χ1) is 9.35. The number of amides is 1. The van der Waals surface area contributed by atoms with Gasteiger partial charge in [0.15, 0.2) is 5.78 Å². The minimum Gasteiger partial charge on any atom is -0.491 e. The third-order valence-electron chi connectivity index (χ3n) is 2.82. The van der Waals surface area contributed by atoms with Crippen LogP contribution in [-0.2, 0) is 16.0 Å². The second kappa shape index (κ2) is 5.53. The minimum absolute atomic E-state index is 0.0826. The standard InChI is InChI=1S/C15H19NO4/c1-15(2,3)20-14(18)16-11-9-19-13-7-5-4-6-10(13)8-12(11)17/h4-7,11H,8-9H2,1-3H3,(H,16,18)/t11-/m0/s1. The summed E-state index contributed by atoms with van der Waals surface area (Å²) in [5, 5.41) is 2.56. The van der Waals surface area contributed by atoms with Crippen LogP contribution in [-0.4, -0.2) is 30.1 Å². The van der Waals surface area contributed by atoms with Crippen LogP contribution in [0.25, 0.3) is 0 Å². The maximum atomic E-state index is 12.1. The second-order valence-corrected chi connectivity index (χ2v) is 5.76. The van der Waals surface area contributed by atoms with E-state index in [1.54, 1.807) is 20.8 Å². The molecule has 5 heteroatoms. The van der Waals surface area contributed by atoms with Gasteiger partial charge in [-0.1, -0.05) is 18.2 Å². The minimum atomic E-state index is -0.683. The summed E-state index contributed by atoms with van der Waals surface area (Å²) in [6, 6.07) is 6.70. The van der Waals surface area contributed by atoms with Gasteiger partial charge in [0.25, 0.3) is 0 Å². The Morgan fingerprint density at radius 2 is 2.05 bits per heavy atom. The van der Waals surface area contributed by atoms with Gasteiger partial charge in [0.05, 0.1) is 0 Å². The number of carbonyl (C=O) groups is 2. The van der Waals surface area contributed by atoms with Gasteiger partial charge < -0.3 is 14.8 Å². The highest BCUT2D eigenvalue weighted by molar-refractivity contribution is 5.90. The average Bonchev–Trinajstić information content (AvgIpc) is 2.47. The Kier molecular flexibility index (Phi) is 3.97. The lowest BCUT2D eigenvalue weighted by Crippen LogP contribution is -2.46. The van der Waals surface area contributed by atoms with E-state index < -0.39 is 17.7 Å². The lowest BCUT2D eigenvalue weighted by atomic mass is 10.1. The van der Waals surface area contributed by atoms with Crippen molar-refractivity contribution in [2.75, 3.05) is 6.61 Å². The largest absolute Gasteiger partial charge is 0.491 e. The van der Waals surface area contributed by atoms with Gasteiger partial charge in [-0.3, -0.25) is 4.79 Å². The Bertz CT molecular complexity index is 519. The van der Waals surface area contributed by atoms with E-state index in [-0.39, 0.29) is 18.8 Å². The molecule has 1 aliphatic rings. The number of benzene rings is 1. The van der Waals surface area contributed by atoms with E-state index >= 15 is 0 Å². The molecular weight excluding hydrogens is 258 g/mol. The first kappa shape index (κ1) is 14.4. The van der Waals surface area contributed by atoms with Gasteiger partial charge in [0, 0.05) is 12.0 Å². The molecule has 0 saturated carbocycles. The molecule has 1 atom stereocenters. The van der Waals surface area contributed by atoms with Crippen LogP contribution in [0.1, 0.15) is 26.3 Å². The van der Waals surface area contributed by atoms with Crippen LogP contribution in [0.5, 0.6) is 5.75 Å². The number of hydrogen-bond acceptors (Lipinski definition) is 4. The summed E-state index contributed by atoms with van der Waals surface area (Å²) in [6.07, 6.45) is -0.359. The number of ketones is 1. The number of fused-ring (bicyclic) bond motifs is 1. The lowest BCUT2D eigenvalue weighted by Gasteiger charge is -2.22. The average molecular weight is 277 g/mol. The number of Topliss-reactive ketones (excluding diaryl/α,β-unsaturated/α-hetero) is 1. The normalized spacial score (nSPS) is 18.6. The van der Waals surface area contributed by atoms with E-state index in [4.69, 9.17) is 9.47 Å². The molecule has 0 aromatic heterocycles. The molecule has 1 aliphatic heterocycles. The highest BCUT2D eigenvalue weighted by atomic mass is 16.6. The lowest BCUT2D eigenvalue weighted by molar-refractivity contribution is -0.120. The van der Waals surface area contributed by atoms with Gasteiger partial charge in [-0.25, -0.2) is 4.79 Å². The molecule has 1 aromatic rings. The van der Waals surface area contributed by atoms with Crippen molar-refractivity contribution in [1.29, 1.82) is 0 Å². The predicted octanol–water partition coefficient (Wildman–Crippen LogP) is 2.08. The van der Waals surface area contributed by atoms with Crippen LogP contribution in [0.3, 0.4) is 0 Å². The second-order valence-electron chi connectivity index (χ2n) is 5.76. The molecule has 2 rings (SSSR count). The van der Waals surface area contributed by atoms with Gasteiger partial charge in [-0.2, -0.15) is 0 Å². The van der Waals surface area contributed by atoms with Gasteiger partial charge in [0.1, 0.15) is 24.0 Å². The van der Waals surface area contributed by atoms with Crippen LogP contribution < -0.4 is 10.1 Å². The summed E-state index contributed by atoms with van der Waals surface area (Å²) in [5.41, 5.74) is 0.243. The number of alkyl carbamates (subject to hydrolysis) is 1. The van der Waals surface area contributed by atoms with Crippen molar-refractivity contribution in [2.24, 2.45) is 0 Å². The molecule has 1 amide bonds. The number of para-hydroxylation sites is 1. The van der Waals surface area contributed by atoms with Crippen molar-refractivity contribution in [3.8, 4) is 5.75 Å². The first-order valence-corrected chi connectivity index (χ1v) is 6.58. The van der Waals surface area contributed by atoms with Crippen LogP contribution in [0.2, 0.25) is 0 Å². The molecule has 1 heterocycles. The van der Waals surface area contributed by atoms with Gasteiger partial charge in [-0.15, -0.1) is 0 Å². The van der Waals surface area contributed by atoms with E-state index in [0.29, 0.717) is 5.75 Å². The van der Waals surface area contributed by atoms with Crippen LogP contribution in [0.15, 0.2) is 24.3 Å². The molecule has 0 aliphatic carbocycles. The van der Waals surface area contributed by atoms with Crippen molar-refractivity contribution in [1.82, 2.24) is 5.32 Å². The number of hydrogen-bond donors (Lipinski definition) is 1. The zero-order valence-electron chi connectivity index (χ0n) is 11.9. The van der Waals surface area contributed by atoms with Crippen LogP contribution >= 0.6 is 0 Å². The number of nitrogens with one attached hydrogen (secondary N) is 1. The van der Waals surface area contributed by atoms with Gasteiger partial charge in [-0.05, 0) is 26.8 Å². The predicted molar refractivity (Wildman–Crippen MR) is 73.8 cm³/mol. The zero-order chi connectivity index (χ0) is 14.8. The molecule has 20 heavy (non-hydrogen) atoms. The molecule has 1 N–H and O–H groups in total. The highest BCUT2D eigenvalue weighted by Crippen LogP contribution is 2.22. The third-order valence-corrected chi connectivity index (χ3v) is 2.82. The zero-order valence-corrected chi connectivity index (χ0v) is 11.9. The molecule has 0 spiro atoms. The molecule has 1 aromatic carbocycles. The number of ether oxygens (including phenoxy) is 2. The Morgan fingerprint density at radius 3 is 2.75 bits per heavy atom. The summed E-state index contributed by atoms with van der Waals surface area (Å²) in [6.45, 7) is 5.44. The SMILES string of the molecule is CC(C)(C)OC(=O)N[C@H]1COc2ccccc2CC1=O. The molecular formula is C15H19NO4. The van der Waals surface area contributed by atoms with Crippen molar-refractivity contribution >= 4 is 11.9 Å². The van der Waals surface area contributed by atoms with Crippen molar-refractivity contribution in [3.05, 3.63) is 29.8 Å². The summed E-state index contributed by atoms with van der Waals surface area (Å²) in [7, 11) is 0. The maximum absolute atomic E-state index is 12.1. The van der Waals surface area contributed by atoms with E-state index in [2.05, 4.69) is 5.32 Å². The topological polar surface area (TPSA) is 64.6 Å². The molecule has 0 radical (unpaired) electrons. The number of carbonyl (C=O) groups excluding carboxylic acids is 2. The van der Waals surface area contributed by atoms with E-state index in [1.807, 2.05) is 24.3 Å². The fourth-order valence-corrected chi connectivity index (χ4v) is 1.94. The van der Waals surface area contributed by atoms with Crippen molar-refractivity contribution < 1.29 is 19.1 Å². The summed E-state index contributed by atoms with van der Waals surface area (Å²) in [4.78, 5) is 23.8. The van der Waals surface area contributed by atoms with Crippen LogP contribution in [0, 0.1) is 0 Å². The van der Waals surface area contributed by atoms with E-state index in [9.17, 15) is 9.59 Å². The van der Waals surface area contributed by atoms with Crippen molar-refractivity contribution in [2.45, 2.75) is 38.8 Å². The molecule has 5 nitrogen and oxygen atoms in total. The fraction of sp³-hybridized carbons (Fsp3) is 0.467. The highest BCUT2D eigenvalue weighted by Gasteiger charge is 2.28. The molecule has 108 valence electrons. The van der Waals surface area contributed by atoms with Gasteiger partial charge >= 0.3 is 6.09 Å². The Morgan fingerprint density at radius 1 is 1.35 bits per heavy atom. The summed E-state index contributed by atoms with van der Waals surface area (Å²) in [5.74, 6) is 0.607. The summed E-state index contributed by atoms with van der Waals surface area (Å²) >= 11 is 0. The molecule has 0 fully saturated rings. The number of rotatable bonds is 1. The Balaban J connectivity index is 2.02.